The van der Waals surface area contributed by atoms with Gasteiger partial charge in [0, 0.05) is 6.54 Å². The second kappa shape index (κ2) is 12.8. The Bertz CT molecular complexity index is 673. The summed E-state index contributed by atoms with van der Waals surface area (Å²) >= 11 is 0. The number of nitrogens with zero attached hydrogens (tertiary/aromatic N) is 1. The number of hydrogen-bond acceptors (Lipinski definition) is 8. The summed E-state index contributed by atoms with van der Waals surface area (Å²) in [5.74, 6) is -5.00. The fourth-order valence-electron chi connectivity index (χ4n) is 3.26. The van der Waals surface area contributed by atoms with E-state index in [4.69, 9.17) is 21.7 Å². The van der Waals surface area contributed by atoms with E-state index >= 15 is 0 Å². The second-order valence-electron chi connectivity index (χ2n) is 7.32. The topological polar surface area (TPSA) is 225 Å². The molecule has 0 aromatic carbocycles. The molecule has 4 atom stereocenters. The van der Waals surface area contributed by atoms with E-state index < -0.39 is 66.9 Å². The number of carbonyl (C=O) groups excluding carboxylic acids is 3. The molecule has 31 heavy (non-hydrogen) atoms. The lowest BCUT2D eigenvalue weighted by molar-refractivity contribution is -0.150. The van der Waals surface area contributed by atoms with E-state index in [0.717, 1.165) is 4.90 Å². The number of carboxylic acid groups (broad SMARTS) is 2. The number of unbranched alkanes of at least 4 members (excludes halogenated alkanes) is 1. The molecule has 1 fully saturated rings. The van der Waals surface area contributed by atoms with Crippen LogP contribution in [0.3, 0.4) is 0 Å². The third-order valence-corrected chi connectivity index (χ3v) is 4.93. The molecule has 1 aliphatic rings. The molecule has 9 N–H and O–H groups in total. The largest absolute Gasteiger partial charge is 0.481 e. The van der Waals surface area contributed by atoms with Crippen LogP contribution >= 0.6 is 0 Å². The SMILES string of the molecule is NCCCCC(NC(=O)C(N)CO)C(=O)NC(CC(=O)O)C(=O)N1CCCC1C(=O)O. The molecule has 0 spiro atoms. The molecular formula is C18H31N5O8. The fraction of sp³-hybridized carbons (Fsp3) is 0.722. The number of nitrogens with two attached hydrogens (primary N) is 2. The van der Waals surface area contributed by atoms with Gasteiger partial charge in [0.15, 0.2) is 0 Å². The van der Waals surface area contributed by atoms with Gasteiger partial charge in [0.2, 0.25) is 17.7 Å². The monoisotopic (exact) mass is 445 g/mol. The zero-order chi connectivity index (χ0) is 23.6. The van der Waals surface area contributed by atoms with Crippen LogP contribution in [0.25, 0.3) is 0 Å². The van der Waals surface area contributed by atoms with Crippen LogP contribution in [0.4, 0.5) is 0 Å². The van der Waals surface area contributed by atoms with Crippen molar-refractivity contribution in [2.45, 2.75) is 62.7 Å². The minimum atomic E-state index is -1.51. The third-order valence-electron chi connectivity index (χ3n) is 4.93. The van der Waals surface area contributed by atoms with Crippen LogP contribution in [0.15, 0.2) is 0 Å². The van der Waals surface area contributed by atoms with Gasteiger partial charge in [-0.3, -0.25) is 19.2 Å². The molecule has 13 heteroatoms. The molecule has 4 unspecified atom stereocenters. The van der Waals surface area contributed by atoms with Gasteiger partial charge < -0.3 is 42.3 Å². The van der Waals surface area contributed by atoms with Gasteiger partial charge in [0.05, 0.1) is 13.0 Å². The quantitative estimate of drug-likeness (QED) is 0.142. The summed E-state index contributed by atoms with van der Waals surface area (Å²) in [4.78, 5) is 61.3. The zero-order valence-electron chi connectivity index (χ0n) is 17.2. The molecule has 0 saturated carbocycles. The second-order valence-corrected chi connectivity index (χ2v) is 7.32. The highest BCUT2D eigenvalue weighted by Gasteiger charge is 2.39. The summed E-state index contributed by atoms with van der Waals surface area (Å²) in [5, 5.41) is 32.1. The van der Waals surface area contributed by atoms with E-state index in [0.29, 0.717) is 25.8 Å². The van der Waals surface area contributed by atoms with Crippen molar-refractivity contribution in [1.29, 1.82) is 0 Å². The van der Waals surface area contributed by atoms with Crippen LogP contribution in [0.5, 0.6) is 0 Å². The first-order valence-corrected chi connectivity index (χ1v) is 10.0. The first kappa shape index (κ1) is 26.3. The van der Waals surface area contributed by atoms with E-state index in [1.54, 1.807) is 0 Å². The minimum absolute atomic E-state index is 0.129. The molecular weight excluding hydrogens is 414 g/mol. The lowest BCUT2D eigenvalue weighted by Gasteiger charge is -2.28. The number of nitrogens with one attached hydrogen (secondary N) is 2. The van der Waals surface area contributed by atoms with Crippen molar-refractivity contribution in [3.8, 4) is 0 Å². The Morgan fingerprint density at radius 1 is 1.03 bits per heavy atom. The summed E-state index contributed by atoms with van der Waals surface area (Å²) in [7, 11) is 0. The van der Waals surface area contributed by atoms with Gasteiger partial charge in [-0.05, 0) is 38.6 Å². The Hall–Kier alpha value is -2.77. The Kier molecular flexibility index (Phi) is 10.9. The maximum absolute atomic E-state index is 12.8. The summed E-state index contributed by atoms with van der Waals surface area (Å²) in [5.41, 5.74) is 10.9. The zero-order valence-corrected chi connectivity index (χ0v) is 17.2. The first-order valence-electron chi connectivity index (χ1n) is 10.0. The van der Waals surface area contributed by atoms with Crippen LogP contribution in [-0.4, -0.2) is 93.7 Å². The van der Waals surface area contributed by atoms with Crippen molar-refractivity contribution >= 4 is 29.7 Å². The lowest BCUT2D eigenvalue weighted by atomic mass is 10.1. The number of aliphatic hydroxyl groups excluding tert-OH is 1. The fourth-order valence-corrected chi connectivity index (χ4v) is 3.26. The van der Waals surface area contributed by atoms with Crippen molar-refractivity contribution in [2.75, 3.05) is 19.7 Å². The number of rotatable bonds is 13. The normalized spacial score (nSPS) is 18.7. The van der Waals surface area contributed by atoms with Crippen LogP contribution in [-0.2, 0) is 24.0 Å². The minimum Gasteiger partial charge on any atom is -0.481 e. The predicted molar refractivity (Wildman–Crippen MR) is 106 cm³/mol. The predicted octanol–water partition coefficient (Wildman–Crippen LogP) is -3.05. The molecule has 3 amide bonds. The molecule has 13 nitrogen and oxygen atoms in total. The standard InChI is InChI=1S/C18H31N5O8/c19-6-2-1-4-11(21-15(27)10(20)9-24)16(28)22-12(8-14(25)26)17(29)23-7-3-5-13(23)18(30)31/h10-13,24H,1-9,19-20H2,(H,21,27)(H,22,28)(H,25,26)(H,30,31). The molecule has 0 bridgehead atoms. The molecule has 0 aromatic heterocycles. The van der Waals surface area contributed by atoms with Crippen molar-refractivity contribution in [3.05, 3.63) is 0 Å². The molecule has 1 aliphatic heterocycles. The molecule has 176 valence electrons. The van der Waals surface area contributed by atoms with Gasteiger partial charge >= 0.3 is 11.9 Å². The molecule has 1 rings (SSSR count). The highest BCUT2D eigenvalue weighted by molar-refractivity contribution is 5.95. The van der Waals surface area contributed by atoms with Crippen molar-refractivity contribution in [3.63, 3.8) is 0 Å². The maximum Gasteiger partial charge on any atom is 0.326 e. The molecule has 0 radical (unpaired) electrons. The van der Waals surface area contributed by atoms with E-state index in [9.17, 15) is 29.1 Å². The highest BCUT2D eigenvalue weighted by Crippen LogP contribution is 2.19. The Labute approximate surface area is 179 Å². The van der Waals surface area contributed by atoms with Crippen LogP contribution in [0, 0.1) is 0 Å². The average Bonchev–Trinajstić information content (AvgIpc) is 3.21. The Balaban J connectivity index is 2.98. The van der Waals surface area contributed by atoms with Crippen LogP contribution < -0.4 is 22.1 Å². The van der Waals surface area contributed by atoms with E-state index in [2.05, 4.69) is 10.6 Å². The van der Waals surface area contributed by atoms with Crippen molar-refractivity contribution in [1.82, 2.24) is 15.5 Å². The summed E-state index contributed by atoms with van der Waals surface area (Å²) in [6.45, 7) is -0.164. The molecule has 1 heterocycles. The van der Waals surface area contributed by atoms with Gasteiger partial charge in [0.1, 0.15) is 24.2 Å². The number of likely N-dealkylation sites (tertiary alicyclic amines) is 1. The van der Waals surface area contributed by atoms with Crippen LogP contribution in [0.2, 0.25) is 0 Å². The molecule has 0 aliphatic carbocycles. The van der Waals surface area contributed by atoms with Gasteiger partial charge in [0.25, 0.3) is 0 Å². The van der Waals surface area contributed by atoms with E-state index in [1.165, 1.54) is 0 Å². The van der Waals surface area contributed by atoms with Gasteiger partial charge in [-0.1, -0.05) is 0 Å². The van der Waals surface area contributed by atoms with Gasteiger partial charge in [-0.25, -0.2) is 4.79 Å². The number of carbonyl (C=O) groups is 5. The maximum atomic E-state index is 12.8. The van der Waals surface area contributed by atoms with Crippen LogP contribution in [0.1, 0.15) is 38.5 Å². The van der Waals surface area contributed by atoms with E-state index in [1.807, 2.05) is 0 Å². The van der Waals surface area contributed by atoms with Gasteiger partial charge in [-0.2, -0.15) is 0 Å². The number of hydrogen-bond donors (Lipinski definition) is 7. The molecule has 1 saturated heterocycles. The summed E-state index contributed by atoms with van der Waals surface area (Å²) < 4.78 is 0. The van der Waals surface area contributed by atoms with Crippen molar-refractivity contribution < 1.29 is 39.3 Å². The van der Waals surface area contributed by atoms with Gasteiger partial charge in [-0.15, -0.1) is 0 Å². The Morgan fingerprint density at radius 2 is 1.68 bits per heavy atom. The number of aliphatic carboxylic acids is 2. The Morgan fingerprint density at radius 3 is 2.23 bits per heavy atom. The molecule has 0 aromatic rings. The lowest BCUT2D eigenvalue weighted by Crippen LogP contribution is -2.57. The number of amides is 3. The van der Waals surface area contributed by atoms with Crippen molar-refractivity contribution in [2.24, 2.45) is 11.5 Å². The summed E-state index contributed by atoms with van der Waals surface area (Å²) in [6.07, 6.45) is 1.06. The first-order chi connectivity index (χ1) is 14.6. The summed E-state index contributed by atoms with van der Waals surface area (Å²) in [6, 6.07) is -5.01. The average molecular weight is 445 g/mol. The number of aliphatic hydroxyl groups is 1. The third kappa shape index (κ3) is 8.11. The highest BCUT2D eigenvalue weighted by atomic mass is 16.4. The van der Waals surface area contributed by atoms with E-state index in [-0.39, 0.29) is 19.4 Å². The smallest absolute Gasteiger partial charge is 0.326 e. The number of carboxylic acids is 2.